The lowest BCUT2D eigenvalue weighted by atomic mass is 9.81. The van der Waals surface area contributed by atoms with Gasteiger partial charge >= 0.3 is 0 Å². The Kier molecular flexibility index (Phi) is 6.78. The van der Waals surface area contributed by atoms with Crippen molar-refractivity contribution >= 4 is 17.2 Å². The number of carbonyl (C=O) groups excluding carboxylic acids is 1. The van der Waals surface area contributed by atoms with Crippen LogP contribution in [0.3, 0.4) is 0 Å². The first-order valence-electron chi connectivity index (χ1n) is 10.6. The molecule has 28 heavy (non-hydrogen) atoms. The maximum atomic E-state index is 12.5. The molecule has 2 fully saturated rings. The molecule has 2 aliphatic heterocycles. The molecule has 2 saturated heterocycles. The summed E-state index contributed by atoms with van der Waals surface area (Å²) in [7, 11) is 0. The third kappa shape index (κ3) is 5.02. The van der Waals surface area contributed by atoms with Gasteiger partial charge in [-0.2, -0.15) is 0 Å². The van der Waals surface area contributed by atoms with E-state index in [0.29, 0.717) is 30.2 Å². The van der Waals surface area contributed by atoms with Crippen molar-refractivity contribution in [2.24, 2.45) is 11.8 Å². The van der Waals surface area contributed by atoms with E-state index in [-0.39, 0.29) is 0 Å². The van der Waals surface area contributed by atoms with Crippen LogP contribution in [-0.2, 0) is 17.6 Å². The number of hydrogen-bond donors (Lipinski definition) is 2. The van der Waals surface area contributed by atoms with E-state index in [1.165, 1.54) is 16.9 Å². The van der Waals surface area contributed by atoms with E-state index in [4.69, 9.17) is 0 Å². The molecule has 0 aliphatic carbocycles. The van der Waals surface area contributed by atoms with Crippen LogP contribution in [0.5, 0.6) is 0 Å². The van der Waals surface area contributed by atoms with Crippen LogP contribution in [0, 0.1) is 11.8 Å². The third-order valence-corrected chi connectivity index (χ3v) is 7.29. The first-order chi connectivity index (χ1) is 13.8. The predicted molar refractivity (Wildman–Crippen MR) is 115 cm³/mol. The smallest absolute Gasteiger partial charge is 0.222 e. The van der Waals surface area contributed by atoms with Gasteiger partial charge in [0.05, 0.1) is 0 Å². The van der Waals surface area contributed by atoms with Crippen molar-refractivity contribution in [3.63, 3.8) is 0 Å². The van der Waals surface area contributed by atoms with E-state index in [9.17, 15) is 4.79 Å². The molecule has 0 saturated carbocycles. The monoisotopic (exact) mass is 397 g/mol. The molecule has 2 N–H and O–H groups in total. The molecule has 1 amide bonds. The van der Waals surface area contributed by atoms with Crippen LogP contribution in [0.1, 0.15) is 36.1 Å². The summed E-state index contributed by atoms with van der Waals surface area (Å²) in [5.41, 5.74) is 8.37. The Balaban J connectivity index is 1.22. The first kappa shape index (κ1) is 19.6. The molecule has 1 aromatic heterocycles. The number of thiophene rings is 1. The molecule has 1 aromatic carbocycles. The van der Waals surface area contributed by atoms with Crippen LogP contribution in [0.25, 0.3) is 0 Å². The van der Waals surface area contributed by atoms with Crippen molar-refractivity contribution in [3.8, 4) is 0 Å². The molecule has 0 bridgehead atoms. The number of hydrogen-bond acceptors (Lipinski definition) is 4. The van der Waals surface area contributed by atoms with Gasteiger partial charge in [-0.15, -0.1) is 11.3 Å². The Morgan fingerprint density at radius 2 is 1.89 bits per heavy atom. The number of nitrogens with zero attached hydrogens (tertiary/aromatic N) is 1. The van der Waals surface area contributed by atoms with Crippen LogP contribution in [0.15, 0.2) is 47.8 Å². The predicted octanol–water partition coefficient (Wildman–Crippen LogP) is 3.64. The summed E-state index contributed by atoms with van der Waals surface area (Å²) in [4.78, 5) is 15.9. The minimum absolute atomic E-state index is 0.324. The van der Waals surface area contributed by atoms with Gasteiger partial charge in [-0.25, -0.2) is 0 Å². The fourth-order valence-corrected chi connectivity index (χ4v) is 5.39. The van der Waals surface area contributed by atoms with Gasteiger partial charge in [-0.3, -0.25) is 15.6 Å². The molecule has 4 rings (SSSR count). The highest BCUT2D eigenvalue weighted by Gasteiger charge is 2.35. The molecule has 2 aliphatic rings. The Morgan fingerprint density at radius 1 is 1.07 bits per heavy atom. The summed E-state index contributed by atoms with van der Waals surface area (Å²) in [6.07, 6.45) is 6.12. The average molecular weight is 398 g/mol. The number of hydrazine groups is 1. The maximum absolute atomic E-state index is 12.5. The van der Waals surface area contributed by atoms with E-state index < -0.39 is 0 Å². The van der Waals surface area contributed by atoms with Gasteiger partial charge in [0, 0.05) is 37.0 Å². The molecule has 2 atom stereocenters. The van der Waals surface area contributed by atoms with Crippen molar-refractivity contribution in [3.05, 3.63) is 58.3 Å². The lowest BCUT2D eigenvalue weighted by molar-refractivity contribution is -0.132. The number of aryl methyl sites for hydroxylation is 2. The number of amides is 1. The summed E-state index contributed by atoms with van der Waals surface area (Å²) in [6.45, 7) is 2.88. The number of rotatable bonds is 7. The molecular weight excluding hydrogens is 366 g/mol. The van der Waals surface area contributed by atoms with Crippen molar-refractivity contribution < 1.29 is 4.79 Å². The fourth-order valence-electron chi connectivity index (χ4n) is 4.68. The molecule has 2 unspecified atom stereocenters. The Bertz CT molecular complexity index is 726. The Hall–Kier alpha value is -1.69. The number of nitrogens with one attached hydrogen (secondary N) is 2. The van der Waals surface area contributed by atoms with Crippen LogP contribution >= 0.6 is 11.3 Å². The summed E-state index contributed by atoms with van der Waals surface area (Å²) >= 11 is 1.75. The average Bonchev–Trinajstić information content (AvgIpc) is 3.43. The second-order valence-electron chi connectivity index (χ2n) is 8.13. The standard InChI is InChI=1S/C23H31N3OS/c27-22(11-10-21-7-4-16-28-21)26-14-12-19(13-15-26)23-20(17-24-25-23)9-8-18-5-2-1-3-6-18/h1-7,16,19-20,23-25H,8-15,17H2. The molecule has 150 valence electrons. The van der Waals surface area contributed by atoms with Gasteiger partial charge in [0.25, 0.3) is 0 Å². The van der Waals surface area contributed by atoms with Crippen molar-refractivity contribution in [1.82, 2.24) is 15.8 Å². The molecular formula is C23H31N3OS. The lowest BCUT2D eigenvalue weighted by Gasteiger charge is -2.36. The molecule has 2 aromatic rings. The highest BCUT2D eigenvalue weighted by Crippen LogP contribution is 2.29. The van der Waals surface area contributed by atoms with Crippen LogP contribution < -0.4 is 10.9 Å². The van der Waals surface area contributed by atoms with Crippen molar-refractivity contribution in [1.29, 1.82) is 0 Å². The van der Waals surface area contributed by atoms with Gasteiger partial charge in [-0.05, 0) is 60.9 Å². The van der Waals surface area contributed by atoms with E-state index in [1.54, 1.807) is 11.3 Å². The topological polar surface area (TPSA) is 44.4 Å². The number of benzene rings is 1. The maximum Gasteiger partial charge on any atom is 0.222 e. The van der Waals surface area contributed by atoms with Gasteiger partial charge in [-0.1, -0.05) is 36.4 Å². The van der Waals surface area contributed by atoms with E-state index in [0.717, 1.165) is 45.3 Å². The highest BCUT2D eigenvalue weighted by atomic mass is 32.1. The number of carbonyl (C=O) groups is 1. The summed E-state index contributed by atoms with van der Waals surface area (Å²) in [5.74, 6) is 1.66. The molecule has 5 heteroatoms. The second-order valence-corrected chi connectivity index (χ2v) is 9.17. The van der Waals surface area contributed by atoms with Crippen LogP contribution in [-0.4, -0.2) is 36.5 Å². The molecule has 4 nitrogen and oxygen atoms in total. The summed E-state index contributed by atoms with van der Waals surface area (Å²) < 4.78 is 0. The van der Waals surface area contributed by atoms with E-state index in [1.807, 2.05) is 0 Å². The Morgan fingerprint density at radius 3 is 2.64 bits per heavy atom. The zero-order chi connectivity index (χ0) is 19.2. The quantitative estimate of drug-likeness (QED) is 0.750. The molecule has 0 spiro atoms. The molecule has 0 radical (unpaired) electrons. The second kappa shape index (κ2) is 9.68. The number of piperidine rings is 1. The summed E-state index contributed by atoms with van der Waals surface area (Å²) in [6, 6.07) is 15.5. The Labute approximate surface area is 172 Å². The van der Waals surface area contributed by atoms with Crippen LogP contribution in [0.4, 0.5) is 0 Å². The molecule has 3 heterocycles. The normalized spacial score (nSPS) is 23.2. The summed E-state index contributed by atoms with van der Waals surface area (Å²) in [5, 5.41) is 2.09. The third-order valence-electron chi connectivity index (χ3n) is 6.35. The van der Waals surface area contributed by atoms with Gasteiger partial charge in [0.1, 0.15) is 0 Å². The fraction of sp³-hybridized carbons (Fsp3) is 0.522. The SMILES string of the molecule is O=C(CCc1cccs1)N1CCC(C2NNCC2CCc2ccccc2)CC1. The van der Waals surface area contributed by atoms with Gasteiger partial charge < -0.3 is 4.90 Å². The van der Waals surface area contributed by atoms with Crippen LogP contribution in [0.2, 0.25) is 0 Å². The van der Waals surface area contributed by atoms with Crippen molar-refractivity contribution in [2.75, 3.05) is 19.6 Å². The van der Waals surface area contributed by atoms with Crippen molar-refractivity contribution in [2.45, 2.75) is 44.6 Å². The largest absolute Gasteiger partial charge is 0.343 e. The minimum atomic E-state index is 0.324. The van der Waals surface area contributed by atoms with Gasteiger partial charge in [0.15, 0.2) is 0 Å². The number of likely N-dealkylation sites (tertiary alicyclic amines) is 1. The van der Waals surface area contributed by atoms with E-state index >= 15 is 0 Å². The lowest BCUT2D eigenvalue weighted by Crippen LogP contribution is -2.46. The zero-order valence-corrected chi connectivity index (χ0v) is 17.3. The highest BCUT2D eigenvalue weighted by molar-refractivity contribution is 7.09. The van der Waals surface area contributed by atoms with Gasteiger partial charge in [0.2, 0.25) is 5.91 Å². The zero-order valence-electron chi connectivity index (χ0n) is 16.5. The first-order valence-corrected chi connectivity index (χ1v) is 11.5. The minimum Gasteiger partial charge on any atom is -0.343 e. The van der Waals surface area contributed by atoms with E-state index in [2.05, 4.69) is 63.6 Å².